The quantitative estimate of drug-likeness (QED) is 0.805. The van der Waals surface area contributed by atoms with Crippen molar-refractivity contribution in [2.75, 3.05) is 6.61 Å². The Bertz CT molecular complexity index is 652. The van der Waals surface area contributed by atoms with Crippen LogP contribution in [0.4, 0.5) is 0 Å². The average molecular weight is 317 g/mol. The molecular weight excluding hydrogens is 298 g/mol. The van der Waals surface area contributed by atoms with E-state index in [4.69, 9.17) is 5.11 Å². The molecule has 2 N–H and O–H groups in total. The molecule has 1 heterocycles. The zero-order chi connectivity index (χ0) is 16.1. The molecule has 1 aromatic carbocycles. The maximum Gasteiger partial charge on any atom is 0.252 e. The summed E-state index contributed by atoms with van der Waals surface area (Å²) in [6.45, 7) is 3.69. The van der Waals surface area contributed by atoms with Gasteiger partial charge in [-0.3, -0.25) is 9.59 Å². The summed E-state index contributed by atoms with van der Waals surface area (Å²) in [6, 6.07) is 10.2. The van der Waals surface area contributed by atoms with Crippen LogP contribution in [-0.4, -0.2) is 29.4 Å². The van der Waals surface area contributed by atoms with E-state index in [0.717, 1.165) is 0 Å². The normalized spacial score (nSPS) is 13.4. The first kappa shape index (κ1) is 16.4. The molecule has 1 aromatic heterocycles. The minimum atomic E-state index is -0.298. The third kappa shape index (κ3) is 3.61. The van der Waals surface area contributed by atoms with Gasteiger partial charge in [-0.05, 0) is 30.4 Å². The number of amides is 1. The van der Waals surface area contributed by atoms with Crippen molar-refractivity contribution in [3.8, 4) is 0 Å². The lowest BCUT2D eigenvalue weighted by Gasteiger charge is -2.20. The number of aliphatic hydroxyl groups excluding tert-OH is 1. The monoisotopic (exact) mass is 317 g/mol. The Hall–Kier alpha value is -1.98. The molecule has 116 valence electrons. The van der Waals surface area contributed by atoms with Crippen LogP contribution in [0.15, 0.2) is 41.8 Å². The van der Waals surface area contributed by atoms with Gasteiger partial charge in [0.1, 0.15) is 0 Å². The molecule has 0 aliphatic heterocycles. The van der Waals surface area contributed by atoms with Crippen molar-refractivity contribution < 1.29 is 14.7 Å². The molecule has 0 saturated carbocycles. The van der Waals surface area contributed by atoms with Gasteiger partial charge in [0.2, 0.25) is 5.78 Å². The summed E-state index contributed by atoms with van der Waals surface area (Å²) in [7, 11) is 0. The molecule has 2 rings (SSSR count). The highest BCUT2D eigenvalue weighted by Crippen LogP contribution is 2.18. The van der Waals surface area contributed by atoms with Crippen LogP contribution >= 0.6 is 11.3 Å². The predicted octanol–water partition coefficient (Wildman–Crippen LogP) is 2.73. The Morgan fingerprint density at radius 3 is 2.41 bits per heavy atom. The van der Waals surface area contributed by atoms with Crippen molar-refractivity contribution in [1.29, 1.82) is 0 Å². The van der Waals surface area contributed by atoms with Gasteiger partial charge >= 0.3 is 0 Å². The Kier molecular flexibility index (Phi) is 5.46. The maximum absolute atomic E-state index is 12.5. The standard InChI is InChI=1S/C17H19NO3S/c1-11(10-19)12(2)18-17(21)14-7-4-3-6-13(14)16(20)15-8-5-9-22-15/h3-9,11-12,19H,10H2,1-2H3,(H,18,21). The van der Waals surface area contributed by atoms with E-state index in [1.807, 2.05) is 25.3 Å². The summed E-state index contributed by atoms with van der Waals surface area (Å²) in [5, 5.41) is 13.8. The van der Waals surface area contributed by atoms with Gasteiger partial charge in [-0.1, -0.05) is 31.2 Å². The van der Waals surface area contributed by atoms with E-state index in [9.17, 15) is 9.59 Å². The van der Waals surface area contributed by atoms with E-state index < -0.39 is 0 Å². The second-order valence-electron chi connectivity index (χ2n) is 5.27. The summed E-state index contributed by atoms with van der Waals surface area (Å²) in [5.74, 6) is -0.499. The fourth-order valence-electron chi connectivity index (χ4n) is 2.00. The molecule has 2 atom stereocenters. The van der Waals surface area contributed by atoms with Crippen molar-refractivity contribution in [1.82, 2.24) is 5.32 Å². The fourth-order valence-corrected chi connectivity index (χ4v) is 2.68. The molecule has 0 aliphatic carbocycles. The molecule has 0 fully saturated rings. The predicted molar refractivity (Wildman–Crippen MR) is 87.4 cm³/mol. The second kappa shape index (κ2) is 7.33. The van der Waals surface area contributed by atoms with Crippen LogP contribution in [0.3, 0.4) is 0 Å². The fraction of sp³-hybridized carbons (Fsp3) is 0.294. The van der Waals surface area contributed by atoms with Crippen LogP contribution in [0.5, 0.6) is 0 Å². The van der Waals surface area contributed by atoms with Crippen LogP contribution in [0.1, 0.15) is 39.4 Å². The molecule has 0 aliphatic rings. The minimum absolute atomic E-state index is 0.00276. The first-order valence-electron chi connectivity index (χ1n) is 7.13. The van der Waals surface area contributed by atoms with Crippen molar-refractivity contribution in [3.05, 3.63) is 57.8 Å². The Morgan fingerprint density at radius 1 is 1.14 bits per heavy atom. The van der Waals surface area contributed by atoms with Crippen LogP contribution in [0.2, 0.25) is 0 Å². The van der Waals surface area contributed by atoms with Gasteiger partial charge in [0.05, 0.1) is 10.4 Å². The number of carbonyl (C=O) groups excluding carboxylic acids is 2. The lowest BCUT2D eigenvalue weighted by Crippen LogP contribution is -2.38. The maximum atomic E-state index is 12.5. The van der Waals surface area contributed by atoms with Gasteiger partial charge in [0, 0.05) is 18.2 Å². The molecule has 1 amide bonds. The first-order valence-corrected chi connectivity index (χ1v) is 8.01. The van der Waals surface area contributed by atoms with Gasteiger partial charge in [-0.2, -0.15) is 0 Å². The molecule has 0 radical (unpaired) electrons. The molecule has 2 unspecified atom stereocenters. The number of ketones is 1. The Morgan fingerprint density at radius 2 is 1.82 bits per heavy atom. The number of carbonyl (C=O) groups is 2. The lowest BCUT2D eigenvalue weighted by atomic mass is 10.00. The Labute approximate surface area is 133 Å². The van der Waals surface area contributed by atoms with Gasteiger partial charge in [-0.15, -0.1) is 11.3 Å². The Balaban J connectivity index is 2.25. The third-order valence-corrected chi connectivity index (χ3v) is 4.53. The molecule has 4 nitrogen and oxygen atoms in total. The van der Waals surface area contributed by atoms with Crippen molar-refractivity contribution in [3.63, 3.8) is 0 Å². The largest absolute Gasteiger partial charge is 0.396 e. The number of thiophene rings is 1. The van der Waals surface area contributed by atoms with E-state index in [2.05, 4.69) is 5.32 Å². The summed E-state index contributed by atoms with van der Waals surface area (Å²) in [5.41, 5.74) is 0.754. The second-order valence-corrected chi connectivity index (χ2v) is 6.22. The summed E-state index contributed by atoms with van der Waals surface area (Å²) < 4.78 is 0. The van der Waals surface area contributed by atoms with E-state index in [0.29, 0.717) is 16.0 Å². The van der Waals surface area contributed by atoms with Crippen LogP contribution in [-0.2, 0) is 0 Å². The van der Waals surface area contributed by atoms with Crippen molar-refractivity contribution in [2.24, 2.45) is 5.92 Å². The van der Waals surface area contributed by atoms with E-state index in [-0.39, 0.29) is 30.3 Å². The summed E-state index contributed by atoms with van der Waals surface area (Å²) in [6.07, 6.45) is 0. The molecule has 5 heteroatoms. The zero-order valence-corrected chi connectivity index (χ0v) is 13.4. The van der Waals surface area contributed by atoms with E-state index in [1.54, 1.807) is 30.3 Å². The topological polar surface area (TPSA) is 66.4 Å². The third-order valence-electron chi connectivity index (χ3n) is 3.66. The first-order chi connectivity index (χ1) is 10.5. The molecule has 22 heavy (non-hydrogen) atoms. The van der Waals surface area contributed by atoms with Crippen LogP contribution < -0.4 is 5.32 Å². The number of rotatable bonds is 6. The van der Waals surface area contributed by atoms with Gasteiger partial charge in [0.25, 0.3) is 5.91 Å². The van der Waals surface area contributed by atoms with Gasteiger partial charge in [-0.25, -0.2) is 0 Å². The number of aliphatic hydroxyl groups is 1. The van der Waals surface area contributed by atoms with Gasteiger partial charge < -0.3 is 10.4 Å². The molecule has 0 saturated heterocycles. The average Bonchev–Trinajstić information content (AvgIpc) is 3.07. The SMILES string of the molecule is CC(CO)C(C)NC(=O)c1ccccc1C(=O)c1cccs1. The van der Waals surface area contributed by atoms with E-state index >= 15 is 0 Å². The number of benzene rings is 1. The zero-order valence-electron chi connectivity index (χ0n) is 12.6. The highest BCUT2D eigenvalue weighted by atomic mass is 32.1. The number of hydrogen-bond acceptors (Lipinski definition) is 4. The minimum Gasteiger partial charge on any atom is -0.396 e. The van der Waals surface area contributed by atoms with E-state index in [1.165, 1.54) is 11.3 Å². The summed E-state index contributed by atoms with van der Waals surface area (Å²) >= 11 is 1.35. The number of hydrogen-bond donors (Lipinski definition) is 2. The molecular formula is C17H19NO3S. The molecule has 2 aromatic rings. The van der Waals surface area contributed by atoms with Crippen molar-refractivity contribution in [2.45, 2.75) is 19.9 Å². The number of nitrogens with one attached hydrogen (secondary N) is 1. The lowest BCUT2D eigenvalue weighted by molar-refractivity contribution is 0.0908. The highest BCUT2D eigenvalue weighted by Gasteiger charge is 2.21. The smallest absolute Gasteiger partial charge is 0.252 e. The van der Waals surface area contributed by atoms with Gasteiger partial charge in [0.15, 0.2) is 0 Å². The molecule has 0 spiro atoms. The van der Waals surface area contributed by atoms with Crippen LogP contribution in [0.25, 0.3) is 0 Å². The molecule has 0 bridgehead atoms. The van der Waals surface area contributed by atoms with Crippen LogP contribution in [0, 0.1) is 5.92 Å². The summed E-state index contributed by atoms with van der Waals surface area (Å²) in [4.78, 5) is 25.5. The highest BCUT2D eigenvalue weighted by molar-refractivity contribution is 7.12. The van der Waals surface area contributed by atoms with Crippen molar-refractivity contribution >= 4 is 23.0 Å².